The zero-order valence-corrected chi connectivity index (χ0v) is 9.78. The Bertz CT molecular complexity index is 503. The summed E-state index contributed by atoms with van der Waals surface area (Å²) in [5.41, 5.74) is 3.06. The van der Waals surface area contributed by atoms with E-state index in [1.807, 2.05) is 61.7 Å². The summed E-state index contributed by atoms with van der Waals surface area (Å²) in [6.45, 7) is 1.99. The van der Waals surface area contributed by atoms with Gasteiger partial charge in [0.2, 0.25) is 0 Å². The number of hydrogen-bond acceptors (Lipinski definition) is 1. The van der Waals surface area contributed by atoms with Crippen LogP contribution < -0.4 is 0 Å². The van der Waals surface area contributed by atoms with E-state index in [1.54, 1.807) is 0 Å². The highest BCUT2D eigenvalue weighted by atomic mass is 35.5. The molecule has 0 radical (unpaired) electrons. The minimum atomic E-state index is 0.775. The summed E-state index contributed by atoms with van der Waals surface area (Å²) in [4.78, 5) is 4.39. The van der Waals surface area contributed by atoms with Gasteiger partial charge >= 0.3 is 0 Å². The van der Waals surface area contributed by atoms with Crippen molar-refractivity contribution in [3.63, 3.8) is 0 Å². The Labute approximate surface area is 100 Å². The van der Waals surface area contributed by atoms with Gasteiger partial charge in [0, 0.05) is 11.2 Å². The van der Waals surface area contributed by atoms with Crippen LogP contribution in [0.1, 0.15) is 11.1 Å². The van der Waals surface area contributed by atoms with Gasteiger partial charge in [-0.3, -0.25) is 4.99 Å². The van der Waals surface area contributed by atoms with Crippen molar-refractivity contribution in [1.82, 2.24) is 0 Å². The summed E-state index contributed by atoms with van der Waals surface area (Å²) >= 11 is 6.03. The Balaban J connectivity index is 2.28. The van der Waals surface area contributed by atoms with E-state index in [4.69, 9.17) is 11.6 Å². The Morgan fingerprint density at radius 3 is 2.50 bits per heavy atom. The van der Waals surface area contributed by atoms with E-state index in [0.29, 0.717) is 0 Å². The van der Waals surface area contributed by atoms with Crippen LogP contribution in [0.3, 0.4) is 0 Å². The zero-order valence-electron chi connectivity index (χ0n) is 9.02. The van der Waals surface area contributed by atoms with Gasteiger partial charge in [-0.15, -0.1) is 0 Å². The maximum Gasteiger partial charge on any atom is 0.0629 e. The lowest BCUT2D eigenvalue weighted by molar-refractivity contribution is 1.44. The van der Waals surface area contributed by atoms with Gasteiger partial charge in [0.05, 0.1) is 5.69 Å². The Morgan fingerprint density at radius 1 is 1.00 bits per heavy atom. The summed E-state index contributed by atoms with van der Waals surface area (Å²) in [5.74, 6) is 0. The van der Waals surface area contributed by atoms with Crippen molar-refractivity contribution < 1.29 is 0 Å². The zero-order chi connectivity index (χ0) is 11.4. The molecule has 0 fully saturated rings. The molecule has 0 amide bonds. The summed E-state index contributed by atoms with van der Waals surface area (Å²) < 4.78 is 0. The van der Waals surface area contributed by atoms with Crippen LogP contribution in [0.25, 0.3) is 0 Å². The normalized spacial score (nSPS) is 10.9. The molecule has 0 heterocycles. The summed E-state index contributed by atoms with van der Waals surface area (Å²) in [6.07, 6.45) is 1.84. The highest BCUT2D eigenvalue weighted by molar-refractivity contribution is 6.31. The topological polar surface area (TPSA) is 12.4 Å². The number of nitrogens with zero attached hydrogens (tertiary/aromatic N) is 1. The Morgan fingerprint density at radius 2 is 1.75 bits per heavy atom. The molecule has 16 heavy (non-hydrogen) atoms. The lowest BCUT2D eigenvalue weighted by Gasteiger charge is -2.01. The molecule has 80 valence electrons. The number of rotatable bonds is 2. The molecule has 0 spiro atoms. The van der Waals surface area contributed by atoms with E-state index < -0.39 is 0 Å². The van der Waals surface area contributed by atoms with E-state index >= 15 is 0 Å². The van der Waals surface area contributed by atoms with Crippen LogP contribution >= 0.6 is 11.6 Å². The van der Waals surface area contributed by atoms with Crippen LogP contribution in [0, 0.1) is 6.92 Å². The smallest absolute Gasteiger partial charge is 0.0629 e. The molecule has 0 aromatic heterocycles. The third-order valence-electron chi connectivity index (χ3n) is 2.42. The van der Waals surface area contributed by atoms with Crippen LogP contribution in [0.15, 0.2) is 53.5 Å². The minimum absolute atomic E-state index is 0.775. The van der Waals surface area contributed by atoms with Crippen LogP contribution in [-0.2, 0) is 0 Å². The van der Waals surface area contributed by atoms with E-state index in [0.717, 1.165) is 21.8 Å². The summed E-state index contributed by atoms with van der Waals surface area (Å²) in [6, 6.07) is 15.7. The predicted octanol–water partition coefficient (Wildman–Crippen LogP) is 4.40. The molecule has 0 aliphatic heterocycles. The van der Waals surface area contributed by atoms with Crippen molar-refractivity contribution in [2.45, 2.75) is 6.92 Å². The molecule has 0 saturated carbocycles. The summed E-state index contributed by atoms with van der Waals surface area (Å²) in [7, 11) is 0. The van der Waals surface area contributed by atoms with Crippen molar-refractivity contribution in [1.29, 1.82) is 0 Å². The number of hydrogen-bond donors (Lipinski definition) is 0. The molecule has 0 aliphatic carbocycles. The van der Waals surface area contributed by atoms with Gasteiger partial charge < -0.3 is 0 Å². The van der Waals surface area contributed by atoms with Crippen molar-refractivity contribution in [2.75, 3.05) is 0 Å². The molecule has 0 saturated heterocycles. The van der Waals surface area contributed by atoms with E-state index in [1.165, 1.54) is 0 Å². The lowest BCUT2D eigenvalue weighted by Crippen LogP contribution is -1.86. The van der Waals surface area contributed by atoms with Gasteiger partial charge in [-0.1, -0.05) is 41.9 Å². The number of para-hydroxylation sites is 1. The Kier molecular flexibility index (Phi) is 3.37. The van der Waals surface area contributed by atoms with Gasteiger partial charge in [-0.05, 0) is 36.2 Å². The lowest BCUT2D eigenvalue weighted by atomic mass is 10.1. The van der Waals surface area contributed by atoms with E-state index in [9.17, 15) is 0 Å². The van der Waals surface area contributed by atoms with Crippen LogP contribution in [-0.4, -0.2) is 6.21 Å². The van der Waals surface area contributed by atoms with Crippen LogP contribution in [0.4, 0.5) is 5.69 Å². The van der Waals surface area contributed by atoms with Crippen LogP contribution in [0.2, 0.25) is 5.02 Å². The van der Waals surface area contributed by atoms with Gasteiger partial charge in [-0.2, -0.15) is 0 Å². The number of benzene rings is 2. The minimum Gasteiger partial charge on any atom is -0.256 e. The third-order valence-corrected chi connectivity index (χ3v) is 2.83. The van der Waals surface area contributed by atoms with Gasteiger partial charge in [0.1, 0.15) is 0 Å². The molecule has 2 heteroatoms. The first-order valence-electron chi connectivity index (χ1n) is 5.11. The second-order valence-electron chi connectivity index (χ2n) is 3.55. The molecule has 2 rings (SSSR count). The van der Waals surface area contributed by atoms with Gasteiger partial charge in [-0.25, -0.2) is 0 Å². The van der Waals surface area contributed by atoms with Crippen molar-refractivity contribution in [3.05, 3.63) is 64.7 Å². The first-order valence-corrected chi connectivity index (χ1v) is 5.49. The predicted molar refractivity (Wildman–Crippen MR) is 69.9 cm³/mol. The number of halogens is 1. The van der Waals surface area contributed by atoms with Gasteiger partial charge in [0.25, 0.3) is 0 Å². The average Bonchev–Trinajstić information content (AvgIpc) is 2.32. The first-order chi connectivity index (χ1) is 7.77. The van der Waals surface area contributed by atoms with E-state index in [2.05, 4.69) is 4.99 Å². The molecule has 0 N–H and O–H groups in total. The maximum absolute atomic E-state index is 6.03. The molecule has 0 aliphatic rings. The summed E-state index contributed by atoms with van der Waals surface area (Å²) in [5, 5.41) is 0.775. The highest BCUT2D eigenvalue weighted by Crippen LogP contribution is 2.18. The molecule has 0 bridgehead atoms. The van der Waals surface area contributed by atoms with Crippen molar-refractivity contribution >= 4 is 23.5 Å². The molecule has 2 aromatic rings. The Hall–Kier alpha value is -1.60. The molecule has 0 atom stereocenters. The molecule has 0 unspecified atom stereocenters. The highest BCUT2D eigenvalue weighted by Gasteiger charge is 1.98. The third kappa shape index (κ3) is 2.50. The maximum atomic E-state index is 6.03. The van der Waals surface area contributed by atoms with Crippen molar-refractivity contribution in [2.24, 2.45) is 4.99 Å². The fraction of sp³-hybridized carbons (Fsp3) is 0.0714. The molecular weight excluding hydrogens is 218 g/mol. The second kappa shape index (κ2) is 4.95. The fourth-order valence-corrected chi connectivity index (χ4v) is 1.60. The second-order valence-corrected chi connectivity index (χ2v) is 3.96. The quantitative estimate of drug-likeness (QED) is 0.677. The average molecular weight is 230 g/mol. The number of aliphatic imine (C=N–C) groups is 1. The first kappa shape index (κ1) is 10.9. The fourth-order valence-electron chi connectivity index (χ4n) is 1.42. The standard InChI is InChI=1S/C14H12ClN/c1-11-12(6-5-9-14(11)15)10-16-13-7-3-2-4-8-13/h2-10H,1H3/b16-10+. The SMILES string of the molecule is Cc1c(Cl)cccc1/C=N/c1ccccc1. The largest absolute Gasteiger partial charge is 0.256 e. The van der Waals surface area contributed by atoms with Crippen molar-refractivity contribution in [3.8, 4) is 0 Å². The van der Waals surface area contributed by atoms with Gasteiger partial charge in [0.15, 0.2) is 0 Å². The monoisotopic (exact) mass is 229 g/mol. The molecule has 2 aromatic carbocycles. The molecule has 1 nitrogen and oxygen atoms in total. The molecular formula is C14H12ClN. The van der Waals surface area contributed by atoms with E-state index in [-0.39, 0.29) is 0 Å². The van der Waals surface area contributed by atoms with Crippen LogP contribution in [0.5, 0.6) is 0 Å².